The fraction of sp³-hybridized carbons (Fsp3) is 0.111. The van der Waals surface area contributed by atoms with Crippen molar-refractivity contribution < 1.29 is 0 Å². The van der Waals surface area contributed by atoms with Crippen LogP contribution in [0.2, 0.25) is 0 Å². The number of nitrogens with one attached hydrogen (secondary N) is 1. The molecule has 3 N–H and O–H groups in total. The summed E-state index contributed by atoms with van der Waals surface area (Å²) in [6, 6.07) is 5.96. The van der Waals surface area contributed by atoms with Crippen molar-refractivity contribution in [1.29, 1.82) is 0 Å². The minimum atomic E-state index is 0.400. The Bertz CT molecular complexity index is 557. The quantitative estimate of drug-likeness (QED) is 0.624. The van der Waals surface area contributed by atoms with Crippen LogP contribution < -0.4 is 5.84 Å². The summed E-state index contributed by atoms with van der Waals surface area (Å²) in [4.78, 5) is 0. The van der Waals surface area contributed by atoms with Crippen molar-refractivity contribution in [3.8, 4) is 11.4 Å². The molecule has 0 saturated heterocycles. The van der Waals surface area contributed by atoms with Crippen LogP contribution in [-0.2, 0) is 0 Å². The number of nitrogens with two attached hydrogens (primary N) is 1. The maximum absolute atomic E-state index is 5.74. The maximum atomic E-state index is 5.74. The van der Waals surface area contributed by atoms with Crippen LogP contribution in [0, 0.1) is 11.7 Å². The summed E-state index contributed by atoms with van der Waals surface area (Å²) in [6.45, 7) is 2.02. The summed E-state index contributed by atoms with van der Waals surface area (Å²) in [5.74, 6) is 6.36. The van der Waals surface area contributed by atoms with Gasteiger partial charge in [-0.05, 0) is 36.8 Å². The molecule has 0 aliphatic carbocycles. The van der Waals surface area contributed by atoms with Crippen LogP contribution in [0.15, 0.2) is 22.7 Å². The van der Waals surface area contributed by atoms with Crippen molar-refractivity contribution in [2.75, 3.05) is 5.84 Å². The molecular formula is C9H9BrN4S. The molecule has 0 spiro atoms. The number of hydrogen-bond donors (Lipinski definition) is 2. The van der Waals surface area contributed by atoms with Crippen LogP contribution in [0.4, 0.5) is 0 Å². The van der Waals surface area contributed by atoms with Crippen LogP contribution >= 0.6 is 28.1 Å². The first-order valence-corrected chi connectivity index (χ1v) is 5.49. The molecule has 15 heavy (non-hydrogen) atoms. The number of rotatable bonds is 1. The van der Waals surface area contributed by atoms with Crippen LogP contribution in [0.25, 0.3) is 11.4 Å². The molecule has 0 fully saturated rings. The van der Waals surface area contributed by atoms with E-state index in [4.69, 9.17) is 18.1 Å². The Labute approximate surface area is 100 Å². The van der Waals surface area contributed by atoms with Gasteiger partial charge in [-0.25, -0.2) is 9.77 Å². The topological polar surface area (TPSA) is 59.6 Å². The van der Waals surface area contributed by atoms with Gasteiger partial charge in [0.25, 0.3) is 0 Å². The van der Waals surface area contributed by atoms with E-state index in [2.05, 4.69) is 26.1 Å². The average Bonchev–Trinajstić information content (AvgIpc) is 2.49. The van der Waals surface area contributed by atoms with E-state index < -0.39 is 0 Å². The Morgan fingerprint density at radius 2 is 2.27 bits per heavy atom. The van der Waals surface area contributed by atoms with Crippen molar-refractivity contribution in [3.63, 3.8) is 0 Å². The van der Waals surface area contributed by atoms with Gasteiger partial charge in [0.1, 0.15) is 0 Å². The van der Waals surface area contributed by atoms with E-state index in [1.807, 2.05) is 25.1 Å². The number of halogens is 1. The van der Waals surface area contributed by atoms with Gasteiger partial charge in [-0.3, -0.25) is 0 Å². The number of nitrogen functional groups attached to an aromatic ring is 1. The van der Waals surface area contributed by atoms with E-state index in [-0.39, 0.29) is 0 Å². The lowest BCUT2D eigenvalue weighted by Crippen LogP contribution is -2.10. The largest absolute Gasteiger partial charge is 0.335 e. The molecule has 2 rings (SSSR count). The summed E-state index contributed by atoms with van der Waals surface area (Å²) in [5.41, 5.74) is 2.08. The van der Waals surface area contributed by atoms with E-state index in [1.165, 1.54) is 10.2 Å². The molecule has 2 aromatic rings. The molecule has 0 aliphatic rings. The molecule has 78 valence electrons. The minimum Gasteiger partial charge on any atom is -0.335 e. The Balaban J connectivity index is 2.64. The first-order valence-electron chi connectivity index (χ1n) is 4.28. The first kappa shape index (κ1) is 10.4. The van der Waals surface area contributed by atoms with Gasteiger partial charge in [-0.15, -0.1) is 0 Å². The number of hydrogen-bond acceptors (Lipinski definition) is 3. The van der Waals surface area contributed by atoms with E-state index >= 15 is 0 Å². The summed E-state index contributed by atoms with van der Waals surface area (Å²) in [6.07, 6.45) is 0. The van der Waals surface area contributed by atoms with Crippen molar-refractivity contribution in [1.82, 2.24) is 14.9 Å². The van der Waals surface area contributed by atoms with E-state index in [0.717, 1.165) is 10.0 Å². The standard InChI is InChI=1S/C9H9BrN4S/c1-5-2-3-6(7(10)4-5)8-12-13-9(15)14(8)11/h2-4H,11H2,1H3,(H,13,15). The highest BCUT2D eigenvalue weighted by atomic mass is 79.9. The fourth-order valence-electron chi connectivity index (χ4n) is 1.30. The molecule has 0 radical (unpaired) electrons. The lowest BCUT2D eigenvalue weighted by Gasteiger charge is -2.04. The summed E-state index contributed by atoms with van der Waals surface area (Å²) in [7, 11) is 0. The molecule has 0 amide bonds. The van der Waals surface area contributed by atoms with E-state index in [9.17, 15) is 0 Å². The number of H-pyrrole nitrogens is 1. The van der Waals surface area contributed by atoms with Crippen molar-refractivity contribution in [2.24, 2.45) is 0 Å². The first-order chi connectivity index (χ1) is 7.09. The lowest BCUT2D eigenvalue weighted by molar-refractivity contribution is 0.983. The Morgan fingerprint density at radius 3 is 2.80 bits per heavy atom. The van der Waals surface area contributed by atoms with Crippen LogP contribution in [0.5, 0.6) is 0 Å². The molecule has 0 saturated carbocycles. The summed E-state index contributed by atoms with van der Waals surface area (Å²) in [5, 5.41) is 6.71. The molecule has 0 unspecified atom stereocenters. The normalized spacial score (nSPS) is 10.5. The maximum Gasteiger partial charge on any atom is 0.214 e. The Hall–Kier alpha value is -1.14. The van der Waals surface area contributed by atoms with Crippen LogP contribution in [0.1, 0.15) is 5.56 Å². The molecular weight excluding hydrogens is 276 g/mol. The molecule has 4 nitrogen and oxygen atoms in total. The second-order valence-electron chi connectivity index (χ2n) is 3.21. The highest BCUT2D eigenvalue weighted by Gasteiger charge is 2.09. The van der Waals surface area contributed by atoms with E-state index in [1.54, 1.807) is 0 Å². The van der Waals surface area contributed by atoms with Gasteiger partial charge < -0.3 is 5.84 Å². The SMILES string of the molecule is Cc1ccc(-c2n[nH]c(=S)n2N)c(Br)c1. The number of aryl methyl sites for hydroxylation is 1. The van der Waals surface area contributed by atoms with E-state index in [0.29, 0.717) is 10.6 Å². The Kier molecular flexibility index (Phi) is 2.62. The van der Waals surface area contributed by atoms with Crippen molar-refractivity contribution in [3.05, 3.63) is 33.0 Å². The average molecular weight is 285 g/mol. The third-order valence-electron chi connectivity index (χ3n) is 2.07. The van der Waals surface area contributed by atoms with Crippen LogP contribution in [0.3, 0.4) is 0 Å². The second-order valence-corrected chi connectivity index (χ2v) is 4.45. The fourth-order valence-corrected chi connectivity index (χ4v) is 2.10. The number of aromatic amines is 1. The third-order valence-corrected chi connectivity index (χ3v) is 3.01. The zero-order valence-corrected chi connectivity index (χ0v) is 10.4. The van der Waals surface area contributed by atoms with Gasteiger partial charge in [0, 0.05) is 10.0 Å². The molecule has 0 atom stereocenters. The Morgan fingerprint density at radius 1 is 1.53 bits per heavy atom. The second kappa shape index (κ2) is 3.79. The van der Waals surface area contributed by atoms with Crippen molar-refractivity contribution >= 4 is 28.1 Å². The predicted octanol–water partition coefficient (Wildman–Crippen LogP) is 2.39. The van der Waals surface area contributed by atoms with Crippen LogP contribution in [-0.4, -0.2) is 14.9 Å². The molecule has 1 heterocycles. The smallest absolute Gasteiger partial charge is 0.214 e. The van der Waals surface area contributed by atoms with Gasteiger partial charge >= 0.3 is 0 Å². The molecule has 0 aliphatic heterocycles. The zero-order valence-electron chi connectivity index (χ0n) is 7.99. The molecule has 0 bridgehead atoms. The summed E-state index contributed by atoms with van der Waals surface area (Å²) >= 11 is 8.42. The molecule has 1 aromatic heterocycles. The van der Waals surface area contributed by atoms with Crippen molar-refractivity contribution in [2.45, 2.75) is 6.92 Å². The highest BCUT2D eigenvalue weighted by molar-refractivity contribution is 9.10. The molecule has 1 aromatic carbocycles. The minimum absolute atomic E-state index is 0.400. The molecule has 6 heteroatoms. The number of nitrogens with zero attached hydrogens (tertiary/aromatic N) is 2. The van der Waals surface area contributed by atoms with Gasteiger partial charge in [-0.2, -0.15) is 5.10 Å². The zero-order chi connectivity index (χ0) is 11.0. The lowest BCUT2D eigenvalue weighted by atomic mass is 10.1. The number of aromatic nitrogens is 3. The monoisotopic (exact) mass is 284 g/mol. The number of benzene rings is 1. The highest BCUT2D eigenvalue weighted by Crippen LogP contribution is 2.26. The predicted molar refractivity (Wildman–Crippen MR) is 65.4 cm³/mol. The third kappa shape index (κ3) is 1.82. The van der Waals surface area contributed by atoms with Gasteiger partial charge in [0.2, 0.25) is 4.77 Å². The van der Waals surface area contributed by atoms with Gasteiger partial charge in [0.05, 0.1) is 0 Å². The van der Waals surface area contributed by atoms with Gasteiger partial charge in [-0.1, -0.05) is 22.0 Å². The van der Waals surface area contributed by atoms with Gasteiger partial charge in [0.15, 0.2) is 5.82 Å². The summed E-state index contributed by atoms with van der Waals surface area (Å²) < 4.78 is 2.70.